The van der Waals surface area contributed by atoms with Gasteiger partial charge < -0.3 is 0 Å². The molecule has 0 saturated carbocycles. The van der Waals surface area contributed by atoms with Crippen molar-refractivity contribution < 1.29 is 8.78 Å². The smallest absolute Gasteiger partial charge is 0.235 e. The standard InChI is InChI=1S/C9H6BrClF2N2/c10-4-5-3-7(11)15-8(9(12)13)6(5)1-2-14/h3,9H,1,4H2. The SMILES string of the molecule is N#CCc1c(CBr)cc(Cl)nc1C(F)F. The number of hydrogen-bond acceptors (Lipinski definition) is 2. The number of rotatable bonds is 3. The molecule has 0 aliphatic heterocycles. The van der Waals surface area contributed by atoms with E-state index in [1.165, 1.54) is 6.07 Å². The van der Waals surface area contributed by atoms with Gasteiger partial charge in [0.15, 0.2) is 0 Å². The molecule has 0 aliphatic carbocycles. The van der Waals surface area contributed by atoms with Crippen LogP contribution in [-0.2, 0) is 11.8 Å². The summed E-state index contributed by atoms with van der Waals surface area (Å²) in [6.45, 7) is 0. The minimum absolute atomic E-state index is 0.0152. The van der Waals surface area contributed by atoms with Crippen LogP contribution in [0.15, 0.2) is 6.07 Å². The Balaban J connectivity index is 3.34. The molecule has 1 aromatic rings. The number of nitrogens with zero attached hydrogens (tertiary/aromatic N) is 2. The third-order valence-electron chi connectivity index (χ3n) is 1.82. The summed E-state index contributed by atoms with van der Waals surface area (Å²) in [7, 11) is 0. The predicted molar refractivity (Wildman–Crippen MR) is 56.2 cm³/mol. The van der Waals surface area contributed by atoms with Crippen LogP contribution in [0.1, 0.15) is 23.2 Å². The third-order valence-corrected chi connectivity index (χ3v) is 2.62. The first-order chi connectivity index (χ1) is 7.10. The molecule has 0 spiro atoms. The maximum absolute atomic E-state index is 12.6. The Morgan fingerprint density at radius 3 is 2.73 bits per heavy atom. The van der Waals surface area contributed by atoms with Crippen LogP contribution in [0.4, 0.5) is 8.78 Å². The lowest BCUT2D eigenvalue weighted by molar-refractivity contribution is 0.145. The Morgan fingerprint density at radius 2 is 2.27 bits per heavy atom. The van der Waals surface area contributed by atoms with Crippen LogP contribution in [0.3, 0.4) is 0 Å². The summed E-state index contributed by atoms with van der Waals surface area (Å²) in [5.41, 5.74) is 0.430. The van der Waals surface area contributed by atoms with Gasteiger partial charge in [-0.2, -0.15) is 5.26 Å². The molecule has 0 aliphatic rings. The van der Waals surface area contributed by atoms with Crippen molar-refractivity contribution >= 4 is 27.5 Å². The zero-order valence-electron chi connectivity index (χ0n) is 7.48. The fourth-order valence-electron chi connectivity index (χ4n) is 1.19. The number of nitriles is 1. The highest BCUT2D eigenvalue weighted by molar-refractivity contribution is 9.08. The minimum atomic E-state index is -2.72. The molecule has 0 N–H and O–H groups in total. The Kier molecular flexibility index (Phi) is 4.43. The lowest BCUT2D eigenvalue weighted by atomic mass is 10.1. The molecule has 1 rings (SSSR count). The zero-order valence-corrected chi connectivity index (χ0v) is 9.82. The maximum Gasteiger partial charge on any atom is 0.280 e. The van der Waals surface area contributed by atoms with Crippen molar-refractivity contribution in [3.63, 3.8) is 0 Å². The van der Waals surface area contributed by atoms with Crippen LogP contribution >= 0.6 is 27.5 Å². The topological polar surface area (TPSA) is 36.7 Å². The number of hydrogen-bond donors (Lipinski definition) is 0. The van der Waals surface area contributed by atoms with Crippen molar-refractivity contribution in [3.05, 3.63) is 28.0 Å². The molecule has 0 aromatic carbocycles. The molecule has 0 fully saturated rings. The van der Waals surface area contributed by atoms with Crippen LogP contribution in [0, 0.1) is 11.3 Å². The predicted octanol–water partition coefficient (Wildman–Crippen LogP) is 3.63. The molecule has 80 valence electrons. The highest BCUT2D eigenvalue weighted by atomic mass is 79.9. The van der Waals surface area contributed by atoms with Crippen LogP contribution in [0.5, 0.6) is 0 Å². The summed E-state index contributed by atoms with van der Waals surface area (Å²) in [5.74, 6) is 0. The van der Waals surface area contributed by atoms with E-state index < -0.39 is 12.1 Å². The molecule has 6 heteroatoms. The van der Waals surface area contributed by atoms with E-state index in [1.807, 2.05) is 6.07 Å². The van der Waals surface area contributed by atoms with Gasteiger partial charge >= 0.3 is 0 Å². The van der Waals surface area contributed by atoms with E-state index in [0.717, 1.165) is 0 Å². The molecular formula is C9H6BrClF2N2. The fourth-order valence-corrected chi connectivity index (χ4v) is 1.92. The minimum Gasteiger partial charge on any atom is -0.235 e. The summed E-state index contributed by atoms with van der Waals surface area (Å²) >= 11 is 8.75. The van der Waals surface area contributed by atoms with Gasteiger partial charge in [-0.05, 0) is 17.2 Å². The van der Waals surface area contributed by atoms with Gasteiger partial charge in [0.05, 0.1) is 12.5 Å². The second kappa shape index (κ2) is 5.38. The Labute approximate surface area is 99.0 Å². The molecule has 0 bridgehead atoms. The number of alkyl halides is 3. The van der Waals surface area contributed by atoms with Crippen molar-refractivity contribution in [2.24, 2.45) is 0 Å². The molecule has 0 radical (unpaired) electrons. The normalized spacial score (nSPS) is 10.4. The van der Waals surface area contributed by atoms with E-state index in [9.17, 15) is 8.78 Å². The van der Waals surface area contributed by atoms with Crippen LogP contribution in [0.2, 0.25) is 5.15 Å². The fraction of sp³-hybridized carbons (Fsp3) is 0.333. The van der Waals surface area contributed by atoms with Crippen molar-refractivity contribution in [1.82, 2.24) is 4.98 Å². The highest BCUT2D eigenvalue weighted by Gasteiger charge is 2.18. The van der Waals surface area contributed by atoms with Crippen molar-refractivity contribution in [2.75, 3.05) is 0 Å². The molecule has 1 heterocycles. The molecule has 0 unspecified atom stereocenters. The van der Waals surface area contributed by atoms with Gasteiger partial charge in [-0.1, -0.05) is 27.5 Å². The van der Waals surface area contributed by atoms with E-state index in [1.54, 1.807) is 0 Å². The Morgan fingerprint density at radius 1 is 1.60 bits per heavy atom. The van der Waals surface area contributed by atoms with E-state index in [0.29, 0.717) is 10.9 Å². The van der Waals surface area contributed by atoms with Gasteiger partial charge in [-0.3, -0.25) is 0 Å². The van der Waals surface area contributed by atoms with Gasteiger partial charge in [-0.25, -0.2) is 13.8 Å². The summed E-state index contributed by atoms with van der Waals surface area (Å²) in [5, 5.41) is 8.93. The van der Waals surface area contributed by atoms with E-state index in [4.69, 9.17) is 16.9 Å². The molecule has 15 heavy (non-hydrogen) atoms. The molecule has 2 nitrogen and oxygen atoms in total. The van der Waals surface area contributed by atoms with Gasteiger partial charge in [0.1, 0.15) is 10.8 Å². The first-order valence-electron chi connectivity index (χ1n) is 3.99. The van der Waals surface area contributed by atoms with Crippen LogP contribution < -0.4 is 0 Å². The van der Waals surface area contributed by atoms with Crippen molar-refractivity contribution in [3.8, 4) is 6.07 Å². The average molecular weight is 296 g/mol. The largest absolute Gasteiger partial charge is 0.280 e. The molecule has 0 atom stereocenters. The quantitative estimate of drug-likeness (QED) is 0.630. The summed E-state index contributed by atoms with van der Waals surface area (Å²) in [6.07, 6.45) is -2.81. The Bertz CT molecular complexity index is 404. The molecule has 0 saturated heterocycles. The number of aromatic nitrogens is 1. The van der Waals surface area contributed by atoms with Gasteiger partial charge in [-0.15, -0.1) is 0 Å². The van der Waals surface area contributed by atoms with E-state index in [2.05, 4.69) is 20.9 Å². The third kappa shape index (κ3) is 2.86. The highest BCUT2D eigenvalue weighted by Crippen LogP contribution is 2.27. The second-order valence-corrected chi connectivity index (χ2v) is 3.69. The molecular weight excluding hydrogens is 289 g/mol. The van der Waals surface area contributed by atoms with Gasteiger partial charge in [0.2, 0.25) is 0 Å². The number of halogens is 4. The van der Waals surface area contributed by atoms with Crippen LogP contribution in [-0.4, -0.2) is 4.98 Å². The molecule has 0 amide bonds. The van der Waals surface area contributed by atoms with E-state index in [-0.39, 0.29) is 17.1 Å². The monoisotopic (exact) mass is 294 g/mol. The number of pyridine rings is 1. The first-order valence-corrected chi connectivity index (χ1v) is 5.49. The van der Waals surface area contributed by atoms with Crippen molar-refractivity contribution in [2.45, 2.75) is 18.2 Å². The molecule has 1 aromatic heterocycles. The lowest BCUT2D eigenvalue weighted by Crippen LogP contribution is -2.02. The first kappa shape index (κ1) is 12.3. The maximum atomic E-state index is 12.6. The lowest BCUT2D eigenvalue weighted by Gasteiger charge is -2.10. The average Bonchev–Trinajstić information content (AvgIpc) is 2.19. The summed E-state index contributed by atoms with van der Waals surface area (Å²) in [4.78, 5) is 3.54. The Hall–Kier alpha value is -0.730. The van der Waals surface area contributed by atoms with Crippen molar-refractivity contribution in [1.29, 1.82) is 5.26 Å². The second-order valence-electron chi connectivity index (χ2n) is 2.74. The van der Waals surface area contributed by atoms with E-state index >= 15 is 0 Å². The van der Waals surface area contributed by atoms with Gasteiger partial charge in [0.25, 0.3) is 6.43 Å². The van der Waals surface area contributed by atoms with Crippen LogP contribution in [0.25, 0.3) is 0 Å². The zero-order chi connectivity index (χ0) is 11.4. The summed E-state index contributed by atoms with van der Waals surface area (Å²) < 4.78 is 25.2. The summed E-state index contributed by atoms with van der Waals surface area (Å²) in [6, 6.07) is 3.32. The van der Waals surface area contributed by atoms with Gasteiger partial charge in [0, 0.05) is 5.33 Å².